The first-order chi connectivity index (χ1) is 9.27. The van der Waals surface area contributed by atoms with Crippen molar-refractivity contribution < 1.29 is 0 Å². The highest BCUT2D eigenvalue weighted by Crippen LogP contribution is 2.35. The molecule has 19 heavy (non-hydrogen) atoms. The molecule has 2 unspecified atom stereocenters. The maximum absolute atomic E-state index is 2.41. The minimum absolute atomic E-state index is 0.0351. The molecule has 0 aliphatic rings. The number of hydrogen-bond acceptors (Lipinski definition) is 0. The Hall–Kier alpha value is -0.700. The van der Waals surface area contributed by atoms with Crippen LogP contribution in [0, 0.1) is 0 Å². The smallest absolute Gasteiger partial charge is 0.0243 e. The van der Waals surface area contributed by atoms with Crippen LogP contribution in [0.5, 0.6) is 0 Å². The Kier molecular flexibility index (Phi) is 6.02. The van der Waals surface area contributed by atoms with E-state index in [-0.39, 0.29) is 15.8 Å². The van der Waals surface area contributed by atoms with Crippen LogP contribution in [0.25, 0.3) is 0 Å². The fraction of sp³-hybridized carbons (Fsp3) is 0.294. The second-order valence-corrected chi connectivity index (χ2v) is 9.59. The summed E-state index contributed by atoms with van der Waals surface area (Å²) in [5.41, 5.74) is 0. The van der Waals surface area contributed by atoms with Crippen molar-refractivity contribution >= 4 is 26.5 Å². The molecule has 0 aliphatic carbocycles. The first-order valence-corrected chi connectivity index (χ1v) is 10.7. The third kappa shape index (κ3) is 4.72. The highest BCUT2D eigenvalue weighted by Gasteiger charge is 2.07. The Bertz CT molecular complexity index is 422. The fourth-order valence-corrected chi connectivity index (χ4v) is 5.56. The average molecular weight is 288 g/mol. The summed E-state index contributed by atoms with van der Waals surface area (Å²) in [4.78, 5) is 0. The Morgan fingerprint density at radius 1 is 0.632 bits per heavy atom. The molecule has 0 nitrogen and oxygen atoms in total. The molecule has 2 atom stereocenters. The van der Waals surface area contributed by atoms with E-state index in [1.54, 1.807) is 0 Å². The van der Waals surface area contributed by atoms with Gasteiger partial charge in [0, 0.05) is 0 Å². The molecule has 0 aliphatic heterocycles. The van der Waals surface area contributed by atoms with Crippen molar-refractivity contribution in [1.29, 1.82) is 0 Å². The third-order valence-electron chi connectivity index (χ3n) is 3.38. The summed E-state index contributed by atoms with van der Waals surface area (Å²) in [6.07, 6.45) is 4.08. The summed E-state index contributed by atoms with van der Waals surface area (Å²) < 4.78 is 0. The second kappa shape index (κ2) is 7.78. The number of benzene rings is 2. The second-order valence-electron chi connectivity index (χ2n) is 4.87. The molecule has 2 rings (SSSR count). The lowest BCUT2D eigenvalue weighted by atomic mass is 10.4. The SMILES string of the molecule is CP(CCCP(C)c1ccccc1)c1ccccc1. The van der Waals surface area contributed by atoms with E-state index in [0.29, 0.717) is 0 Å². The number of hydrogen-bond donors (Lipinski definition) is 0. The quantitative estimate of drug-likeness (QED) is 0.697. The highest BCUT2D eigenvalue weighted by molar-refractivity contribution is 7.65. The molecule has 2 aromatic carbocycles. The van der Waals surface area contributed by atoms with Gasteiger partial charge in [0.05, 0.1) is 0 Å². The van der Waals surface area contributed by atoms with Crippen LogP contribution < -0.4 is 10.6 Å². The fourth-order valence-electron chi connectivity index (χ4n) is 2.17. The van der Waals surface area contributed by atoms with Crippen LogP contribution in [0.3, 0.4) is 0 Å². The van der Waals surface area contributed by atoms with E-state index >= 15 is 0 Å². The van der Waals surface area contributed by atoms with Gasteiger partial charge < -0.3 is 0 Å². The molecule has 2 aromatic rings. The molecule has 0 radical (unpaired) electrons. The van der Waals surface area contributed by atoms with Crippen LogP contribution in [-0.4, -0.2) is 25.7 Å². The van der Waals surface area contributed by atoms with E-state index in [2.05, 4.69) is 74.0 Å². The Morgan fingerprint density at radius 2 is 1.00 bits per heavy atom. The summed E-state index contributed by atoms with van der Waals surface area (Å²) >= 11 is 0. The van der Waals surface area contributed by atoms with Gasteiger partial charge in [-0.15, -0.1) is 0 Å². The van der Waals surface area contributed by atoms with Crippen molar-refractivity contribution in [3.63, 3.8) is 0 Å². The van der Waals surface area contributed by atoms with Gasteiger partial charge in [0.25, 0.3) is 0 Å². The van der Waals surface area contributed by atoms with Gasteiger partial charge >= 0.3 is 0 Å². The van der Waals surface area contributed by atoms with E-state index < -0.39 is 0 Å². The van der Waals surface area contributed by atoms with Gasteiger partial charge in [-0.25, -0.2) is 0 Å². The molecular weight excluding hydrogens is 266 g/mol. The minimum Gasteiger partial charge on any atom is -0.0785 e. The van der Waals surface area contributed by atoms with Crippen molar-refractivity contribution in [2.75, 3.05) is 25.7 Å². The zero-order valence-electron chi connectivity index (χ0n) is 11.8. The van der Waals surface area contributed by atoms with Gasteiger partial charge in [-0.3, -0.25) is 0 Å². The van der Waals surface area contributed by atoms with Crippen LogP contribution in [0.2, 0.25) is 0 Å². The van der Waals surface area contributed by atoms with E-state index in [1.807, 2.05) is 0 Å². The lowest BCUT2D eigenvalue weighted by Gasteiger charge is -2.15. The van der Waals surface area contributed by atoms with Crippen LogP contribution in [0.15, 0.2) is 60.7 Å². The van der Waals surface area contributed by atoms with Gasteiger partial charge in [-0.2, -0.15) is 0 Å². The standard InChI is InChI=1S/C17H22P2/c1-18(16-10-5-3-6-11-16)14-9-15-19(2)17-12-7-4-8-13-17/h3-8,10-13H,9,14-15H2,1-2H3. The van der Waals surface area contributed by atoms with E-state index in [4.69, 9.17) is 0 Å². The molecule has 0 N–H and O–H groups in total. The molecular formula is C17H22P2. The monoisotopic (exact) mass is 288 g/mol. The Morgan fingerprint density at radius 3 is 1.37 bits per heavy atom. The Balaban J connectivity index is 1.78. The third-order valence-corrected chi connectivity index (χ3v) is 7.71. The Labute approximate surface area is 119 Å². The zero-order valence-corrected chi connectivity index (χ0v) is 13.6. The van der Waals surface area contributed by atoms with Crippen molar-refractivity contribution in [2.45, 2.75) is 6.42 Å². The number of rotatable bonds is 6. The molecule has 0 spiro atoms. The minimum atomic E-state index is 0.0351. The predicted octanol–water partition coefficient (Wildman–Crippen LogP) is 4.25. The van der Waals surface area contributed by atoms with Gasteiger partial charge in [0.1, 0.15) is 0 Å². The summed E-state index contributed by atoms with van der Waals surface area (Å²) in [7, 11) is 0.0703. The van der Waals surface area contributed by atoms with Gasteiger partial charge in [-0.05, 0) is 42.7 Å². The van der Waals surface area contributed by atoms with Crippen LogP contribution in [-0.2, 0) is 0 Å². The van der Waals surface area contributed by atoms with Crippen molar-refractivity contribution in [3.05, 3.63) is 60.7 Å². The van der Waals surface area contributed by atoms with Crippen LogP contribution in [0.1, 0.15) is 6.42 Å². The molecule has 0 amide bonds. The van der Waals surface area contributed by atoms with Crippen LogP contribution >= 0.6 is 15.8 Å². The summed E-state index contributed by atoms with van der Waals surface area (Å²) in [6.45, 7) is 4.82. The normalized spacial score (nSPS) is 14.0. The van der Waals surface area contributed by atoms with E-state index in [0.717, 1.165) is 0 Å². The molecule has 0 fully saturated rings. The zero-order chi connectivity index (χ0) is 13.5. The van der Waals surface area contributed by atoms with E-state index in [9.17, 15) is 0 Å². The largest absolute Gasteiger partial charge is 0.0785 e. The average Bonchev–Trinajstić information content (AvgIpc) is 2.49. The molecule has 0 heterocycles. The topological polar surface area (TPSA) is 0 Å². The maximum Gasteiger partial charge on any atom is -0.0243 e. The maximum atomic E-state index is 2.41. The summed E-state index contributed by atoms with van der Waals surface area (Å²) in [5, 5.41) is 3.08. The molecule has 0 bridgehead atoms. The lowest BCUT2D eigenvalue weighted by Crippen LogP contribution is -2.05. The molecule has 0 saturated heterocycles. The van der Waals surface area contributed by atoms with Crippen molar-refractivity contribution in [3.8, 4) is 0 Å². The van der Waals surface area contributed by atoms with E-state index in [1.165, 1.54) is 29.4 Å². The first kappa shape index (κ1) is 14.7. The molecule has 0 saturated carbocycles. The first-order valence-electron chi connectivity index (χ1n) is 6.80. The lowest BCUT2D eigenvalue weighted by molar-refractivity contribution is 1.11. The molecule has 0 aromatic heterocycles. The highest BCUT2D eigenvalue weighted by atomic mass is 31.1. The van der Waals surface area contributed by atoms with Gasteiger partial charge in [-0.1, -0.05) is 76.5 Å². The molecule has 2 heteroatoms. The van der Waals surface area contributed by atoms with Crippen molar-refractivity contribution in [1.82, 2.24) is 0 Å². The summed E-state index contributed by atoms with van der Waals surface area (Å²) in [5.74, 6) is 0. The summed E-state index contributed by atoms with van der Waals surface area (Å²) in [6, 6.07) is 21.9. The predicted molar refractivity (Wildman–Crippen MR) is 92.2 cm³/mol. The molecule has 100 valence electrons. The van der Waals surface area contributed by atoms with Gasteiger partial charge in [0.2, 0.25) is 0 Å². The van der Waals surface area contributed by atoms with Crippen LogP contribution in [0.4, 0.5) is 0 Å². The van der Waals surface area contributed by atoms with Crippen molar-refractivity contribution in [2.24, 2.45) is 0 Å². The van der Waals surface area contributed by atoms with Gasteiger partial charge in [0.15, 0.2) is 0 Å².